The summed E-state index contributed by atoms with van der Waals surface area (Å²) in [5, 5.41) is 8.90. The van der Waals surface area contributed by atoms with Gasteiger partial charge in [-0.1, -0.05) is 12.1 Å². The highest BCUT2D eigenvalue weighted by Gasteiger charge is 2.10. The molecule has 0 fully saturated rings. The molecule has 6 nitrogen and oxygen atoms in total. The predicted molar refractivity (Wildman–Crippen MR) is 76.2 cm³/mol. The van der Waals surface area contributed by atoms with Gasteiger partial charge in [0.2, 0.25) is 0 Å². The van der Waals surface area contributed by atoms with Crippen molar-refractivity contribution >= 4 is 5.97 Å². The van der Waals surface area contributed by atoms with Gasteiger partial charge in [-0.05, 0) is 24.3 Å². The van der Waals surface area contributed by atoms with Crippen LogP contribution in [0.5, 0.6) is 11.5 Å². The molecule has 1 aromatic carbocycles. The van der Waals surface area contributed by atoms with Crippen molar-refractivity contribution in [3.05, 3.63) is 58.5 Å². The number of carbonyl (C=O) groups is 1. The van der Waals surface area contributed by atoms with E-state index in [1.807, 2.05) is 12.1 Å². The van der Waals surface area contributed by atoms with Gasteiger partial charge < -0.3 is 19.1 Å². The van der Waals surface area contributed by atoms with E-state index in [1.54, 1.807) is 19.2 Å². The van der Waals surface area contributed by atoms with E-state index in [1.165, 1.54) is 22.9 Å². The van der Waals surface area contributed by atoms with Gasteiger partial charge in [0, 0.05) is 6.20 Å². The Morgan fingerprint density at radius 3 is 2.57 bits per heavy atom. The summed E-state index contributed by atoms with van der Waals surface area (Å²) in [6.07, 6.45) is 1.53. The molecule has 21 heavy (non-hydrogen) atoms. The number of para-hydroxylation sites is 2. The minimum absolute atomic E-state index is 0.226. The number of ether oxygens (including phenoxy) is 2. The Labute approximate surface area is 121 Å². The first-order valence-electron chi connectivity index (χ1n) is 6.32. The second kappa shape index (κ2) is 6.60. The van der Waals surface area contributed by atoms with Gasteiger partial charge in [-0.3, -0.25) is 4.79 Å². The Kier molecular flexibility index (Phi) is 4.61. The molecule has 0 spiro atoms. The third-order valence-corrected chi connectivity index (χ3v) is 2.91. The molecule has 0 aliphatic carbocycles. The summed E-state index contributed by atoms with van der Waals surface area (Å²) in [6.45, 7) is 0.474. The summed E-state index contributed by atoms with van der Waals surface area (Å²) in [4.78, 5) is 22.8. The van der Waals surface area contributed by atoms with Crippen LogP contribution in [-0.2, 0) is 6.54 Å². The zero-order valence-corrected chi connectivity index (χ0v) is 11.5. The number of benzene rings is 1. The third-order valence-electron chi connectivity index (χ3n) is 2.91. The van der Waals surface area contributed by atoms with Gasteiger partial charge in [0.1, 0.15) is 12.2 Å². The maximum absolute atomic E-state index is 11.9. The Balaban J connectivity index is 2.06. The lowest BCUT2D eigenvalue weighted by Gasteiger charge is -2.11. The summed E-state index contributed by atoms with van der Waals surface area (Å²) >= 11 is 0. The number of rotatable bonds is 6. The molecule has 2 aromatic rings. The molecule has 1 heterocycles. The van der Waals surface area contributed by atoms with E-state index in [-0.39, 0.29) is 18.7 Å². The number of hydrogen-bond donors (Lipinski definition) is 1. The number of nitrogens with zero attached hydrogens (tertiary/aromatic N) is 1. The number of hydrogen-bond acceptors (Lipinski definition) is 4. The Bertz CT molecular complexity index is 692. The molecule has 0 unspecified atom stereocenters. The van der Waals surface area contributed by atoms with Crippen molar-refractivity contribution in [2.75, 3.05) is 13.7 Å². The molecule has 0 aliphatic heterocycles. The first-order chi connectivity index (χ1) is 10.1. The molecule has 0 bridgehead atoms. The van der Waals surface area contributed by atoms with Crippen molar-refractivity contribution in [1.29, 1.82) is 0 Å². The molecule has 0 amide bonds. The average Bonchev–Trinajstić information content (AvgIpc) is 2.49. The Morgan fingerprint density at radius 2 is 1.90 bits per heavy atom. The van der Waals surface area contributed by atoms with Crippen molar-refractivity contribution < 1.29 is 19.4 Å². The van der Waals surface area contributed by atoms with Crippen molar-refractivity contribution in [1.82, 2.24) is 4.57 Å². The minimum atomic E-state index is -1.24. The number of carboxylic acid groups (broad SMARTS) is 1. The lowest BCUT2D eigenvalue weighted by Crippen LogP contribution is -2.27. The highest BCUT2D eigenvalue weighted by atomic mass is 16.5. The first kappa shape index (κ1) is 14.6. The normalized spacial score (nSPS) is 10.1. The van der Waals surface area contributed by atoms with E-state index in [0.29, 0.717) is 11.5 Å². The van der Waals surface area contributed by atoms with E-state index < -0.39 is 11.5 Å². The predicted octanol–water partition coefficient (Wildman–Crippen LogP) is 1.63. The van der Waals surface area contributed by atoms with Crippen LogP contribution >= 0.6 is 0 Å². The zero-order valence-electron chi connectivity index (χ0n) is 11.5. The van der Waals surface area contributed by atoms with Gasteiger partial charge in [-0.15, -0.1) is 0 Å². The van der Waals surface area contributed by atoms with Gasteiger partial charge in [0.15, 0.2) is 11.5 Å². The minimum Gasteiger partial charge on any atom is -0.493 e. The smallest absolute Gasteiger partial charge is 0.341 e. The standard InChI is InChI=1S/C15H15NO5/c1-20-12-6-2-3-7-13(12)21-10-9-16-8-4-5-11(14(16)17)15(18)19/h2-8H,9-10H2,1H3,(H,18,19). The lowest BCUT2D eigenvalue weighted by atomic mass is 10.3. The van der Waals surface area contributed by atoms with E-state index in [4.69, 9.17) is 14.6 Å². The molecular formula is C15H15NO5. The number of methoxy groups -OCH3 is 1. The summed E-state index contributed by atoms with van der Waals surface area (Å²) in [5.74, 6) is -0.0634. The van der Waals surface area contributed by atoms with Gasteiger partial charge in [-0.2, -0.15) is 0 Å². The topological polar surface area (TPSA) is 77.8 Å². The first-order valence-corrected chi connectivity index (χ1v) is 6.32. The van der Waals surface area contributed by atoms with Crippen molar-refractivity contribution in [2.45, 2.75) is 6.54 Å². The average molecular weight is 289 g/mol. The fourth-order valence-corrected chi connectivity index (χ4v) is 1.87. The Morgan fingerprint density at radius 1 is 1.19 bits per heavy atom. The maximum atomic E-state index is 11.9. The van der Waals surface area contributed by atoms with Crippen LogP contribution in [0.3, 0.4) is 0 Å². The van der Waals surface area contributed by atoms with E-state index >= 15 is 0 Å². The zero-order chi connectivity index (χ0) is 15.2. The van der Waals surface area contributed by atoms with Crippen molar-refractivity contribution in [3.8, 4) is 11.5 Å². The fraction of sp³-hybridized carbons (Fsp3) is 0.200. The molecule has 0 aliphatic rings. The van der Waals surface area contributed by atoms with E-state index in [9.17, 15) is 9.59 Å². The van der Waals surface area contributed by atoms with Gasteiger partial charge in [0.25, 0.3) is 5.56 Å². The summed E-state index contributed by atoms with van der Waals surface area (Å²) < 4.78 is 12.0. The van der Waals surface area contributed by atoms with Crippen LogP contribution in [0.1, 0.15) is 10.4 Å². The highest BCUT2D eigenvalue weighted by molar-refractivity contribution is 5.86. The molecule has 0 saturated carbocycles. The van der Waals surface area contributed by atoms with Gasteiger partial charge >= 0.3 is 5.97 Å². The third kappa shape index (κ3) is 3.42. The van der Waals surface area contributed by atoms with Crippen LogP contribution < -0.4 is 15.0 Å². The molecule has 1 aromatic heterocycles. The monoisotopic (exact) mass is 289 g/mol. The van der Waals surface area contributed by atoms with Crippen LogP contribution in [0.15, 0.2) is 47.4 Å². The van der Waals surface area contributed by atoms with Crippen LogP contribution in [0.2, 0.25) is 0 Å². The number of carboxylic acids is 1. The number of pyridine rings is 1. The molecule has 0 atom stereocenters. The molecule has 0 radical (unpaired) electrons. The second-order valence-corrected chi connectivity index (χ2v) is 4.22. The van der Waals surface area contributed by atoms with E-state index in [2.05, 4.69) is 0 Å². The molecule has 0 saturated heterocycles. The molecule has 6 heteroatoms. The molecular weight excluding hydrogens is 274 g/mol. The summed E-state index contributed by atoms with van der Waals surface area (Å²) in [5.41, 5.74) is -0.802. The van der Waals surface area contributed by atoms with Gasteiger partial charge in [-0.25, -0.2) is 4.79 Å². The van der Waals surface area contributed by atoms with Crippen molar-refractivity contribution in [2.24, 2.45) is 0 Å². The largest absolute Gasteiger partial charge is 0.493 e. The number of aromatic nitrogens is 1. The molecule has 110 valence electrons. The number of aromatic carboxylic acids is 1. The van der Waals surface area contributed by atoms with E-state index in [0.717, 1.165) is 0 Å². The van der Waals surface area contributed by atoms with Crippen LogP contribution in [0.25, 0.3) is 0 Å². The summed E-state index contributed by atoms with van der Waals surface area (Å²) in [6, 6.07) is 9.97. The SMILES string of the molecule is COc1ccccc1OCCn1cccc(C(=O)O)c1=O. The Hall–Kier alpha value is -2.76. The van der Waals surface area contributed by atoms with Gasteiger partial charge in [0.05, 0.1) is 13.7 Å². The van der Waals surface area contributed by atoms with Crippen LogP contribution in [0.4, 0.5) is 0 Å². The molecule has 2 rings (SSSR count). The summed E-state index contributed by atoms with van der Waals surface area (Å²) in [7, 11) is 1.54. The highest BCUT2D eigenvalue weighted by Crippen LogP contribution is 2.25. The lowest BCUT2D eigenvalue weighted by molar-refractivity contribution is 0.0694. The maximum Gasteiger partial charge on any atom is 0.341 e. The fourth-order valence-electron chi connectivity index (χ4n) is 1.87. The van der Waals surface area contributed by atoms with Crippen molar-refractivity contribution in [3.63, 3.8) is 0 Å². The van der Waals surface area contributed by atoms with Crippen LogP contribution in [-0.4, -0.2) is 29.4 Å². The quantitative estimate of drug-likeness (QED) is 0.874. The second-order valence-electron chi connectivity index (χ2n) is 4.22. The molecule has 1 N–H and O–H groups in total. The van der Waals surface area contributed by atoms with Crippen LogP contribution in [0, 0.1) is 0 Å².